The summed E-state index contributed by atoms with van der Waals surface area (Å²) in [6.07, 6.45) is 0. The standard InChI is InChI=1S/C22H23N3O6/c1-12-17(19(27)31-21(2,3)4)22(14(10-23)18(24)30-12)13-8-6-7-9-15(13)25(20(22)28)11-16(26)29-5/h6-9H,11,24H2,1-5H3. The lowest BCUT2D eigenvalue weighted by molar-refractivity contribution is -0.151. The molecule has 1 amide bonds. The van der Waals surface area contributed by atoms with Gasteiger partial charge in [0, 0.05) is 11.3 Å². The lowest BCUT2D eigenvalue weighted by atomic mass is 9.68. The van der Waals surface area contributed by atoms with Crippen molar-refractivity contribution in [2.45, 2.75) is 38.7 Å². The van der Waals surface area contributed by atoms with Gasteiger partial charge in [-0.25, -0.2) is 4.79 Å². The Morgan fingerprint density at radius 3 is 2.52 bits per heavy atom. The highest BCUT2D eigenvalue weighted by atomic mass is 16.6. The number of hydrogen-bond donors (Lipinski definition) is 1. The number of carbonyl (C=O) groups excluding carboxylic acids is 3. The number of methoxy groups -OCH3 is 1. The Labute approximate surface area is 179 Å². The first-order valence-electron chi connectivity index (χ1n) is 9.50. The number of allylic oxidation sites excluding steroid dienone is 1. The number of benzene rings is 1. The zero-order chi connectivity index (χ0) is 23.1. The summed E-state index contributed by atoms with van der Waals surface area (Å²) in [7, 11) is 1.20. The molecule has 2 heterocycles. The average Bonchev–Trinajstić information content (AvgIpc) is 2.90. The number of carbonyl (C=O) groups is 3. The summed E-state index contributed by atoms with van der Waals surface area (Å²) < 4.78 is 15.8. The first-order chi connectivity index (χ1) is 14.5. The second-order valence-electron chi connectivity index (χ2n) is 8.12. The molecular formula is C22H23N3O6. The van der Waals surface area contributed by atoms with Crippen molar-refractivity contribution in [1.29, 1.82) is 5.26 Å². The summed E-state index contributed by atoms with van der Waals surface area (Å²) in [5.41, 5.74) is 3.50. The van der Waals surface area contributed by atoms with Crippen molar-refractivity contribution in [2.24, 2.45) is 5.73 Å². The van der Waals surface area contributed by atoms with Crippen LogP contribution < -0.4 is 10.6 Å². The molecule has 0 fully saturated rings. The lowest BCUT2D eigenvalue weighted by Gasteiger charge is -2.35. The predicted octanol–water partition coefficient (Wildman–Crippen LogP) is 1.78. The van der Waals surface area contributed by atoms with Crippen molar-refractivity contribution in [2.75, 3.05) is 18.6 Å². The van der Waals surface area contributed by atoms with E-state index in [2.05, 4.69) is 0 Å². The third kappa shape index (κ3) is 3.30. The molecule has 0 saturated carbocycles. The van der Waals surface area contributed by atoms with E-state index in [0.717, 1.165) is 0 Å². The van der Waals surface area contributed by atoms with Crippen molar-refractivity contribution in [3.63, 3.8) is 0 Å². The third-order valence-corrected chi connectivity index (χ3v) is 5.01. The molecule has 2 aliphatic rings. The number of anilines is 1. The summed E-state index contributed by atoms with van der Waals surface area (Å²) in [4.78, 5) is 40.4. The van der Waals surface area contributed by atoms with Gasteiger partial charge in [-0.2, -0.15) is 5.26 Å². The minimum atomic E-state index is -1.91. The molecule has 0 radical (unpaired) electrons. The summed E-state index contributed by atoms with van der Waals surface area (Å²) in [5, 5.41) is 9.96. The number of nitrogens with zero attached hydrogens (tertiary/aromatic N) is 2. The topological polar surface area (TPSA) is 132 Å². The number of hydrogen-bond acceptors (Lipinski definition) is 8. The number of esters is 2. The quantitative estimate of drug-likeness (QED) is 0.725. The minimum absolute atomic E-state index is 0.0359. The molecule has 0 bridgehead atoms. The Morgan fingerprint density at radius 2 is 1.94 bits per heavy atom. The number of nitriles is 1. The number of para-hydroxylation sites is 1. The fourth-order valence-electron chi connectivity index (χ4n) is 3.89. The van der Waals surface area contributed by atoms with Gasteiger partial charge >= 0.3 is 11.9 Å². The number of fused-ring (bicyclic) bond motifs is 2. The number of amides is 1. The van der Waals surface area contributed by atoms with Gasteiger partial charge in [-0.1, -0.05) is 18.2 Å². The van der Waals surface area contributed by atoms with Gasteiger partial charge in [-0.3, -0.25) is 14.5 Å². The molecule has 1 aromatic carbocycles. The molecule has 2 aliphatic heterocycles. The molecule has 31 heavy (non-hydrogen) atoms. The Morgan fingerprint density at radius 1 is 1.29 bits per heavy atom. The van der Waals surface area contributed by atoms with Crippen LogP contribution in [0.15, 0.2) is 47.1 Å². The van der Waals surface area contributed by atoms with E-state index in [9.17, 15) is 19.6 Å². The van der Waals surface area contributed by atoms with Crippen molar-refractivity contribution in [3.8, 4) is 6.07 Å². The van der Waals surface area contributed by atoms with Crippen molar-refractivity contribution in [1.82, 2.24) is 0 Å². The largest absolute Gasteiger partial charge is 0.468 e. The zero-order valence-corrected chi connectivity index (χ0v) is 17.9. The fourth-order valence-corrected chi connectivity index (χ4v) is 3.89. The minimum Gasteiger partial charge on any atom is -0.468 e. The second-order valence-corrected chi connectivity index (χ2v) is 8.12. The fraction of sp³-hybridized carbons (Fsp3) is 0.364. The van der Waals surface area contributed by atoms with Crippen LogP contribution in [0.4, 0.5) is 5.69 Å². The van der Waals surface area contributed by atoms with Crippen LogP contribution in [0.25, 0.3) is 0 Å². The molecule has 1 unspecified atom stereocenters. The Bertz CT molecular complexity index is 1090. The molecule has 2 N–H and O–H groups in total. The number of nitrogens with two attached hydrogens (primary N) is 1. The molecule has 162 valence electrons. The molecule has 9 heteroatoms. The van der Waals surface area contributed by atoms with Crippen molar-refractivity contribution < 1.29 is 28.6 Å². The van der Waals surface area contributed by atoms with E-state index in [0.29, 0.717) is 11.3 Å². The van der Waals surface area contributed by atoms with Gasteiger partial charge in [0.1, 0.15) is 35.1 Å². The molecule has 3 rings (SSSR count). The summed E-state index contributed by atoms with van der Waals surface area (Å²) in [5.74, 6) is -2.44. The van der Waals surface area contributed by atoms with Crippen LogP contribution in [-0.4, -0.2) is 37.1 Å². The zero-order valence-electron chi connectivity index (χ0n) is 17.9. The summed E-state index contributed by atoms with van der Waals surface area (Å²) in [6, 6.07) is 8.51. The van der Waals surface area contributed by atoms with Crippen LogP contribution in [0.5, 0.6) is 0 Å². The summed E-state index contributed by atoms with van der Waals surface area (Å²) >= 11 is 0. The highest BCUT2D eigenvalue weighted by Crippen LogP contribution is 2.54. The van der Waals surface area contributed by atoms with E-state index in [4.69, 9.17) is 19.9 Å². The maximum absolute atomic E-state index is 13.9. The van der Waals surface area contributed by atoms with Crippen molar-refractivity contribution in [3.05, 3.63) is 52.6 Å². The van der Waals surface area contributed by atoms with Gasteiger partial charge in [0.2, 0.25) is 11.8 Å². The van der Waals surface area contributed by atoms with Crippen molar-refractivity contribution >= 4 is 23.5 Å². The predicted molar refractivity (Wildman–Crippen MR) is 109 cm³/mol. The highest BCUT2D eigenvalue weighted by Gasteiger charge is 2.62. The molecule has 0 saturated heterocycles. The van der Waals surface area contributed by atoms with E-state index >= 15 is 0 Å². The van der Waals surface area contributed by atoms with Gasteiger partial charge < -0.3 is 19.9 Å². The SMILES string of the molecule is COC(=O)CN1C(=O)C2(C(C#N)=C(N)OC(C)=C2C(=O)OC(C)(C)C)c2ccccc21. The van der Waals surface area contributed by atoms with E-state index < -0.39 is 35.4 Å². The van der Waals surface area contributed by atoms with E-state index in [-0.39, 0.29) is 22.8 Å². The molecule has 1 atom stereocenters. The average molecular weight is 425 g/mol. The second kappa shape index (κ2) is 7.47. The van der Waals surface area contributed by atoms with E-state index in [1.807, 2.05) is 6.07 Å². The van der Waals surface area contributed by atoms with Crippen LogP contribution in [0, 0.1) is 11.3 Å². The molecule has 0 aliphatic carbocycles. The molecular weight excluding hydrogens is 402 g/mol. The maximum Gasteiger partial charge on any atom is 0.339 e. The lowest BCUT2D eigenvalue weighted by Crippen LogP contribution is -2.50. The van der Waals surface area contributed by atoms with Crippen LogP contribution >= 0.6 is 0 Å². The van der Waals surface area contributed by atoms with Crippen LogP contribution in [-0.2, 0) is 34.0 Å². The van der Waals surface area contributed by atoms with E-state index in [1.165, 1.54) is 18.9 Å². The monoisotopic (exact) mass is 425 g/mol. The Hall–Kier alpha value is -3.80. The van der Waals surface area contributed by atoms with Crippen LogP contribution in [0.1, 0.15) is 33.3 Å². The molecule has 1 aromatic rings. The first kappa shape index (κ1) is 21.9. The van der Waals surface area contributed by atoms with Gasteiger partial charge in [0.05, 0.1) is 7.11 Å². The van der Waals surface area contributed by atoms with Crippen LogP contribution in [0.3, 0.4) is 0 Å². The highest BCUT2D eigenvalue weighted by molar-refractivity contribution is 6.19. The Balaban J connectivity index is 2.35. The molecule has 0 aromatic heterocycles. The summed E-state index contributed by atoms with van der Waals surface area (Å²) in [6.45, 7) is 6.11. The Kier molecular flexibility index (Phi) is 5.28. The first-order valence-corrected chi connectivity index (χ1v) is 9.50. The number of rotatable bonds is 3. The molecule has 1 spiro atoms. The smallest absolute Gasteiger partial charge is 0.339 e. The van der Waals surface area contributed by atoms with Gasteiger partial charge in [0.25, 0.3) is 0 Å². The van der Waals surface area contributed by atoms with Gasteiger partial charge in [-0.15, -0.1) is 0 Å². The van der Waals surface area contributed by atoms with Crippen LogP contribution in [0.2, 0.25) is 0 Å². The van der Waals surface area contributed by atoms with Gasteiger partial charge in [-0.05, 0) is 33.8 Å². The maximum atomic E-state index is 13.9. The normalized spacial score (nSPS) is 20.4. The number of ether oxygens (including phenoxy) is 3. The third-order valence-electron chi connectivity index (χ3n) is 5.01. The van der Waals surface area contributed by atoms with Gasteiger partial charge in [0.15, 0.2) is 5.41 Å². The van der Waals surface area contributed by atoms with E-state index in [1.54, 1.807) is 45.0 Å². The molecule has 9 nitrogen and oxygen atoms in total.